The Morgan fingerprint density at radius 2 is 2.00 bits per heavy atom. The molecule has 1 saturated carbocycles. The van der Waals surface area contributed by atoms with Crippen LogP contribution in [-0.4, -0.2) is 34.9 Å². The molecule has 2 atom stereocenters. The summed E-state index contributed by atoms with van der Waals surface area (Å²) in [5.41, 5.74) is -2.34. The molecule has 1 fully saturated rings. The molecule has 1 aliphatic rings. The van der Waals surface area contributed by atoms with Crippen molar-refractivity contribution in [3.63, 3.8) is 0 Å². The van der Waals surface area contributed by atoms with Crippen LogP contribution in [0.2, 0.25) is 0 Å². The number of alkyl halides is 1. The van der Waals surface area contributed by atoms with Crippen LogP contribution < -0.4 is 4.72 Å². The average Bonchev–Trinajstić information content (AvgIpc) is 3.37. The Balaban J connectivity index is 2.60. The van der Waals surface area contributed by atoms with Gasteiger partial charge in [-0.25, -0.2) is 17.2 Å². The summed E-state index contributed by atoms with van der Waals surface area (Å²) in [5.74, 6) is -1.70. The number of halogens is 3. The zero-order valence-electron chi connectivity index (χ0n) is 15.2. The SMILES string of the molecule is CC(C)(C)[S+]([O-])NC(CF)(CS(=O)(=O)C1(C#N)CC1)c1cc(Br)ccc1F. The quantitative estimate of drug-likeness (QED) is 0.601. The first kappa shape index (κ1) is 22.6. The molecule has 0 aromatic heterocycles. The van der Waals surface area contributed by atoms with Crippen molar-refractivity contribution in [1.29, 1.82) is 5.26 Å². The van der Waals surface area contributed by atoms with Crippen molar-refractivity contribution in [3.8, 4) is 6.07 Å². The average molecular weight is 483 g/mol. The van der Waals surface area contributed by atoms with E-state index >= 15 is 0 Å². The third-order valence-corrected chi connectivity index (χ3v) is 9.20. The molecule has 0 radical (unpaired) electrons. The van der Waals surface area contributed by atoms with Gasteiger partial charge in [-0.05, 0) is 51.8 Å². The lowest BCUT2D eigenvalue weighted by molar-refractivity contribution is 0.298. The summed E-state index contributed by atoms with van der Waals surface area (Å²) in [5, 5.41) is 9.26. The summed E-state index contributed by atoms with van der Waals surface area (Å²) in [7, 11) is -4.12. The fourth-order valence-electron chi connectivity index (χ4n) is 2.56. The Kier molecular flexibility index (Phi) is 6.35. The van der Waals surface area contributed by atoms with Gasteiger partial charge in [0.2, 0.25) is 0 Å². The van der Waals surface area contributed by atoms with E-state index in [1.165, 1.54) is 12.1 Å². The van der Waals surface area contributed by atoms with Gasteiger partial charge in [-0.15, -0.1) is 4.72 Å². The van der Waals surface area contributed by atoms with Gasteiger partial charge >= 0.3 is 0 Å². The number of nitrogens with one attached hydrogen (secondary N) is 1. The Morgan fingerprint density at radius 1 is 1.41 bits per heavy atom. The normalized spacial score (nSPS) is 19.8. The summed E-state index contributed by atoms with van der Waals surface area (Å²) >= 11 is 1.29. The fourth-order valence-corrected chi connectivity index (χ4v) is 6.01. The van der Waals surface area contributed by atoms with E-state index in [2.05, 4.69) is 20.7 Å². The van der Waals surface area contributed by atoms with Gasteiger partial charge in [-0.2, -0.15) is 5.26 Å². The molecule has 1 aromatic carbocycles. The summed E-state index contributed by atoms with van der Waals surface area (Å²) in [6.07, 6.45) is 0.301. The van der Waals surface area contributed by atoms with Gasteiger partial charge in [-0.1, -0.05) is 15.9 Å². The van der Waals surface area contributed by atoms with E-state index in [1.807, 2.05) is 0 Å². The van der Waals surface area contributed by atoms with Crippen LogP contribution in [0.25, 0.3) is 0 Å². The van der Waals surface area contributed by atoms with Crippen molar-refractivity contribution >= 4 is 37.1 Å². The maximum absolute atomic E-state index is 14.6. The summed E-state index contributed by atoms with van der Waals surface area (Å²) in [4.78, 5) is 0. The second kappa shape index (κ2) is 7.59. The van der Waals surface area contributed by atoms with E-state index in [0.29, 0.717) is 4.47 Å². The summed E-state index contributed by atoms with van der Waals surface area (Å²) < 4.78 is 67.9. The van der Waals surface area contributed by atoms with Crippen LogP contribution >= 0.6 is 15.9 Å². The van der Waals surface area contributed by atoms with Gasteiger partial charge in [-0.3, -0.25) is 0 Å². The number of sulfone groups is 1. The van der Waals surface area contributed by atoms with Crippen molar-refractivity contribution in [1.82, 2.24) is 4.72 Å². The van der Waals surface area contributed by atoms with Crippen molar-refractivity contribution in [2.24, 2.45) is 0 Å². The van der Waals surface area contributed by atoms with Gasteiger partial charge in [0.25, 0.3) is 0 Å². The van der Waals surface area contributed by atoms with Crippen molar-refractivity contribution in [2.75, 3.05) is 12.4 Å². The molecule has 1 aromatic rings. The molecule has 2 rings (SSSR count). The molecule has 0 heterocycles. The molecule has 10 heteroatoms. The highest BCUT2D eigenvalue weighted by atomic mass is 79.9. The minimum absolute atomic E-state index is 0.150. The molecule has 150 valence electrons. The van der Waals surface area contributed by atoms with E-state index in [0.717, 1.165) is 6.07 Å². The molecule has 0 amide bonds. The summed E-state index contributed by atoms with van der Waals surface area (Å²) in [6, 6.07) is 5.53. The Hall–Kier alpha value is -0.730. The maximum Gasteiger partial charge on any atom is 0.171 e. The lowest BCUT2D eigenvalue weighted by Crippen LogP contribution is -2.57. The first-order chi connectivity index (χ1) is 12.3. The predicted molar refractivity (Wildman–Crippen MR) is 104 cm³/mol. The first-order valence-electron chi connectivity index (χ1n) is 8.17. The maximum atomic E-state index is 14.6. The molecule has 0 bridgehead atoms. The van der Waals surface area contributed by atoms with E-state index in [4.69, 9.17) is 0 Å². The second-order valence-electron chi connectivity index (χ2n) is 7.69. The molecule has 0 spiro atoms. The highest BCUT2D eigenvalue weighted by Gasteiger charge is 2.59. The standard InChI is InChI=1S/C17H21BrF2N2O3S2/c1-15(2,3)26(23)22-17(9-19,13-8-12(18)4-5-14(13)20)11-27(24,25)16(10-21)6-7-16/h4-5,8,22H,6-7,9,11H2,1-3H3. The van der Waals surface area contributed by atoms with Crippen molar-refractivity contribution in [3.05, 3.63) is 34.1 Å². The molecule has 0 aliphatic heterocycles. The molecule has 0 saturated heterocycles. The number of benzene rings is 1. The smallest absolute Gasteiger partial charge is 0.171 e. The number of nitriles is 1. The number of rotatable bonds is 7. The van der Waals surface area contributed by atoms with E-state index in [1.54, 1.807) is 26.8 Å². The van der Waals surface area contributed by atoms with Gasteiger partial charge in [0.15, 0.2) is 14.6 Å². The van der Waals surface area contributed by atoms with Crippen LogP contribution in [0.4, 0.5) is 8.78 Å². The van der Waals surface area contributed by atoms with Crippen LogP contribution in [0, 0.1) is 17.1 Å². The monoisotopic (exact) mass is 482 g/mol. The molecule has 27 heavy (non-hydrogen) atoms. The van der Waals surface area contributed by atoms with Gasteiger partial charge in [0.05, 0.1) is 11.8 Å². The molecule has 1 aliphatic carbocycles. The summed E-state index contributed by atoms with van der Waals surface area (Å²) in [6.45, 7) is 3.57. The number of hydrogen-bond acceptors (Lipinski definition) is 5. The van der Waals surface area contributed by atoms with Crippen LogP contribution in [0.3, 0.4) is 0 Å². The minimum atomic E-state index is -4.12. The van der Waals surface area contributed by atoms with Crippen LogP contribution in [-0.2, 0) is 26.7 Å². The molecular formula is C17H21BrF2N2O3S2. The largest absolute Gasteiger partial charge is 0.598 e. The third-order valence-electron chi connectivity index (χ3n) is 4.46. The molecular weight excluding hydrogens is 462 g/mol. The van der Waals surface area contributed by atoms with Crippen LogP contribution in [0.1, 0.15) is 39.2 Å². The Morgan fingerprint density at radius 3 is 2.44 bits per heavy atom. The lowest BCUT2D eigenvalue weighted by atomic mass is 9.94. The van der Waals surface area contributed by atoms with E-state index < -0.39 is 54.5 Å². The van der Waals surface area contributed by atoms with Gasteiger partial charge in [0, 0.05) is 21.4 Å². The zero-order chi connectivity index (χ0) is 20.7. The van der Waals surface area contributed by atoms with E-state index in [-0.39, 0.29) is 18.4 Å². The van der Waals surface area contributed by atoms with Crippen LogP contribution in [0.5, 0.6) is 0 Å². The van der Waals surface area contributed by atoms with Crippen molar-refractivity contribution in [2.45, 2.75) is 48.6 Å². The highest BCUT2D eigenvalue weighted by Crippen LogP contribution is 2.45. The van der Waals surface area contributed by atoms with Gasteiger partial charge in [0.1, 0.15) is 22.8 Å². The topological polar surface area (TPSA) is 93.0 Å². The second-order valence-corrected chi connectivity index (χ2v) is 12.9. The molecule has 1 N–H and O–H groups in total. The number of nitrogens with zero attached hydrogens (tertiary/aromatic N) is 1. The number of hydrogen-bond donors (Lipinski definition) is 1. The fraction of sp³-hybridized carbons (Fsp3) is 0.588. The van der Waals surface area contributed by atoms with E-state index in [9.17, 15) is 27.0 Å². The Bertz CT molecular complexity index is 864. The minimum Gasteiger partial charge on any atom is -0.598 e. The highest BCUT2D eigenvalue weighted by molar-refractivity contribution is 9.10. The third kappa shape index (κ3) is 4.48. The van der Waals surface area contributed by atoms with Crippen LogP contribution in [0.15, 0.2) is 22.7 Å². The van der Waals surface area contributed by atoms with Crippen molar-refractivity contribution < 1.29 is 21.8 Å². The lowest BCUT2D eigenvalue weighted by Gasteiger charge is -2.36. The molecule has 5 nitrogen and oxygen atoms in total. The Labute approximate surface area is 169 Å². The molecule has 2 unspecified atom stereocenters. The predicted octanol–water partition coefficient (Wildman–Crippen LogP) is 3.28. The van der Waals surface area contributed by atoms with Gasteiger partial charge < -0.3 is 4.55 Å². The first-order valence-corrected chi connectivity index (χ1v) is 11.8. The zero-order valence-corrected chi connectivity index (χ0v) is 18.4.